The first-order chi connectivity index (χ1) is 8.88. The van der Waals surface area contributed by atoms with Crippen LogP contribution in [0.3, 0.4) is 0 Å². The van der Waals surface area contributed by atoms with E-state index >= 15 is 0 Å². The Morgan fingerprint density at radius 1 is 0.842 bits per heavy atom. The first kappa shape index (κ1) is 13.3. The largest absolute Gasteiger partial charge is 0.545 e. The number of benzene rings is 2. The zero-order valence-electron chi connectivity index (χ0n) is 11.4. The Kier molecular flexibility index (Phi) is 3.43. The molecule has 0 fully saturated rings. The molecule has 0 bridgehead atoms. The van der Waals surface area contributed by atoms with Gasteiger partial charge in [-0.05, 0) is 27.7 Å². The number of carboxylic acids is 1. The van der Waals surface area contributed by atoms with Crippen molar-refractivity contribution in [3.63, 3.8) is 0 Å². The van der Waals surface area contributed by atoms with Gasteiger partial charge in [-0.25, -0.2) is 0 Å². The molecule has 19 heavy (non-hydrogen) atoms. The quantitative estimate of drug-likeness (QED) is 0.825. The molecule has 0 aromatic heterocycles. The van der Waals surface area contributed by atoms with E-state index in [4.69, 9.17) is 0 Å². The van der Waals surface area contributed by atoms with Crippen LogP contribution in [0.25, 0.3) is 11.1 Å². The minimum Gasteiger partial charge on any atom is -0.545 e. The van der Waals surface area contributed by atoms with Gasteiger partial charge in [-0.15, -0.1) is 0 Å². The number of carboxylic acid groups (broad SMARTS) is 1. The minimum absolute atomic E-state index is 0.136. The van der Waals surface area contributed by atoms with E-state index in [1.165, 1.54) is 5.56 Å². The van der Waals surface area contributed by atoms with E-state index in [2.05, 4.69) is 45.0 Å². The molecule has 2 heteroatoms. The fourth-order valence-corrected chi connectivity index (χ4v) is 1.96. The molecule has 2 nitrogen and oxygen atoms in total. The number of carbonyl (C=O) groups excluding carboxylic acids is 1. The van der Waals surface area contributed by atoms with Crippen molar-refractivity contribution in [2.75, 3.05) is 0 Å². The summed E-state index contributed by atoms with van der Waals surface area (Å²) < 4.78 is 0. The van der Waals surface area contributed by atoms with E-state index in [0.29, 0.717) is 0 Å². The fraction of sp³-hybridized carbons (Fsp3) is 0.235. The Morgan fingerprint density at radius 3 is 1.63 bits per heavy atom. The van der Waals surface area contributed by atoms with Crippen LogP contribution in [0, 0.1) is 0 Å². The number of hydrogen-bond donors (Lipinski definition) is 0. The van der Waals surface area contributed by atoms with Crippen LogP contribution in [0.5, 0.6) is 0 Å². The van der Waals surface area contributed by atoms with Gasteiger partial charge >= 0.3 is 0 Å². The molecular formula is C17H17O2-. The van der Waals surface area contributed by atoms with Crippen LogP contribution in [0.2, 0.25) is 0 Å². The van der Waals surface area contributed by atoms with Crippen molar-refractivity contribution in [1.82, 2.24) is 0 Å². The molecule has 0 aliphatic heterocycles. The minimum atomic E-state index is -1.14. The first-order valence-electron chi connectivity index (χ1n) is 6.30. The van der Waals surface area contributed by atoms with Crippen LogP contribution in [0.1, 0.15) is 36.7 Å². The standard InChI is InChI=1S/C17H18O2/c1-17(2,3)15-10-8-13(9-11-15)12-4-6-14(7-5-12)16(18)19/h4-11H,1-3H3,(H,18,19)/p-1. The highest BCUT2D eigenvalue weighted by Gasteiger charge is 2.12. The van der Waals surface area contributed by atoms with Crippen LogP contribution in [0.4, 0.5) is 0 Å². The highest BCUT2D eigenvalue weighted by molar-refractivity contribution is 5.86. The number of aromatic carboxylic acids is 1. The zero-order chi connectivity index (χ0) is 14.0. The lowest BCUT2D eigenvalue weighted by Gasteiger charge is -2.19. The normalized spacial score (nSPS) is 11.3. The van der Waals surface area contributed by atoms with Crippen molar-refractivity contribution in [3.05, 3.63) is 59.7 Å². The van der Waals surface area contributed by atoms with Crippen LogP contribution in [0.15, 0.2) is 48.5 Å². The molecule has 2 aromatic rings. The molecule has 0 radical (unpaired) electrons. The summed E-state index contributed by atoms with van der Waals surface area (Å²) >= 11 is 0. The van der Waals surface area contributed by atoms with Crippen molar-refractivity contribution >= 4 is 5.97 Å². The number of hydrogen-bond acceptors (Lipinski definition) is 2. The van der Waals surface area contributed by atoms with Gasteiger partial charge in [0.25, 0.3) is 0 Å². The van der Waals surface area contributed by atoms with Gasteiger partial charge in [-0.3, -0.25) is 0 Å². The van der Waals surface area contributed by atoms with E-state index in [1.807, 2.05) is 0 Å². The molecule has 0 spiro atoms. The lowest BCUT2D eigenvalue weighted by Crippen LogP contribution is -2.21. The van der Waals surface area contributed by atoms with Gasteiger partial charge in [-0.1, -0.05) is 69.3 Å². The van der Waals surface area contributed by atoms with Crippen LogP contribution < -0.4 is 5.11 Å². The van der Waals surface area contributed by atoms with Gasteiger partial charge in [-0.2, -0.15) is 0 Å². The zero-order valence-corrected chi connectivity index (χ0v) is 11.4. The smallest absolute Gasteiger partial charge is 0.0715 e. The van der Waals surface area contributed by atoms with E-state index in [9.17, 15) is 9.90 Å². The molecule has 0 N–H and O–H groups in total. The van der Waals surface area contributed by atoms with Crippen LogP contribution in [-0.4, -0.2) is 5.97 Å². The molecule has 0 aliphatic carbocycles. The van der Waals surface area contributed by atoms with Crippen LogP contribution >= 0.6 is 0 Å². The molecule has 0 atom stereocenters. The van der Waals surface area contributed by atoms with Gasteiger partial charge in [0, 0.05) is 0 Å². The van der Waals surface area contributed by atoms with Gasteiger partial charge < -0.3 is 9.90 Å². The summed E-state index contributed by atoms with van der Waals surface area (Å²) in [6.45, 7) is 6.53. The summed E-state index contributed by atoms with van der Waals surface area (Å²) in [4.78, 5) is 10.7. The third kappa shape index (κ3) is 3.02. The van der Waals surface area contributed by atoms with Crippen LogP contribution in [-0.2, 0) is 5.41 Å². The highest BCUT2D eigenvalue weighted by atomic mass is 16.4. The summed E-state index contributed by atoms with van der Waals surface area (Å²) in [5, 5.41) is 10.7. The lowest BCUT2D eigenvalue weighted by atomic mass is 9.86. The maximum absolute atomic E-state index is 10.7. The average molecular weight is 253 g/mol. The molecule has 0 unspecified atom stereocenters. The lowest BCUT2D eigenvalue weighted by molar-refractivity contribution is -0.255. The molecule has 2 aromatic carbocycles. The predicted octanol–water partition coefficient (Wildman–Crippen LogP) is 3.01. The summed E-state index contributed by atoms with van der Waals surface area (Å²) in [6.07, 6.45) is 0. The Balaban J connectivity index is 2.30. The van der Waals surface area contributed by atoms with E-state index in [-0.39, 0.29) is 11.0 Å². The summed E-state index contributed by atoms with van der Waals surface area (Å²) in [5.74, 6) is -1.14. The molecule has 0 amide bonds. The van der Waals surface area contributed by atoms with Crippen molar-refractivity contribution in [2.24, 2.45) is 0 Å². The summed E-state index contributed by atoms with van der Waals surface area (Å²) in [5.41, 5.74) is 3.71. The predicted molar refractivity (Wildman–Crippen MR) is 74.9 cm³/mol. The SMILES string of the molecule is CC(C)(C)c1ccc(-c2ccc(C(=O)[O-])cc2)cc1. The molecule has 0 saturated carbocycles. The summed E-state index contributed by atoms with van der Waals surface area (Å²) in [7, 11) is 0. The van der Waals surface area contributed by atoms with Gasteiger partial charge in [0.1, 0.15) is 0 Å². The number of rotatable bonds is 2. The molecule has 0 saturated heterocycles. The molecular weight excluding hydrogens is 236 g/mol. The highest BCUT2D eigenvalue weighted by Crippen LogP contribution is 2.26. The van der Waals surface area contributed by atoms with E-state index in [0.717, 1.165) is 11.1 Å². The summed E-state index contributed by atoms with van der Waals surface area (Å²) in [6, 6.07) is 15.1. The molecule has 2 rings (SSSR count). The monoisotopic (exact) mass is 253 g/mol. The first-order valence-corrected chi connectivity index (χ1v) is 6.30. The Bertz CT molecular complexity index is 572. The number of carbonyl (C=O) groups is 1. The molecule has 98 valence electrons. The Hall–Kier alpha value is -2.09. The molecule has 0 aliphatic rings. The molecule has 0 heterocycles. The maximum atomic E-state index is 10.7. The third-order valence-corrected chi connectivity index (χ3v) is 3.20. The van der Waals surface area contributed by atoms with Crippen molar-refractivity contribution in [1.29, 1.82) is 0 Å². The average Bonchev–Trinajstić information content (AvgIpc) is 2.38. The topological polar surface area (TPSA) is 40.1 Å². The van der Waals surface area contributed by atoms with E-state index in [1.54, 1.807) is 24.3 Å². The second-order valence-electron chi connectivity index (χ2n) is 5.69. The fourth-order valence-electron chi connectivity index (χ4n) is 1.96. The maximum Gasteiger partial charge on any atom is 0.0715 e. The second kappa shape index (κ2) is 4.88. The van der Waals surface area contributed by atoms with Crippen molar-refractivity contribution < 1.29 is 9.90 Å². The van der Waals surface area contributed by atoms with E-state index < -0.39 is 5.97 Å². The van der Waals surface area contributed by atoms with Gasteiger partial charge in [0.05, 0.1) is 5.97 Å². The second-order valence-corrected chi connectivity index (χ2v) is 5.69. The van der Waals surface area contributed by atoms with Crippen molar-refractivity contribution in [2.45, 2.75) is 26.2 Å². The van der Waals surface area contributed by atoms with Crippen molar-refractivity contribution in [3.8, 4) is 11.1 Å². The third-order valence-electron chi connectivity index (χ3n) is 3.20. The van der Waals surface area contributed by atoms with Gasteiger partial charge in [0.2, 0.25) is 0 Å². The Labute approximate surface area is 113 Å². The van der Waals surface area contributed by atoms with Gasteiger partial charge in [0.15, 0.2) is 0 Å². The Morgan fingerprint density at radius 2 is 1.26 bits per heavy atom.